The van der Waals surface area contributed by atoms with Gasteiger partial charge in [0.2, 0.25) is 0 Å². The monoisotopic (exact) mass is 396 g/mol. The lowest BCUT2D eigenvalue weighted by atomic mass is 9.93. The van der Waals surface area contributed by atoms with Gasteiger partial charge in [-0.3, -0.25) is 9.48 Å². The molecule has 1 atom stereocenters. The summed E-state index contributed by atoms with van der Waals surface area (Å²) >= 11 is 0. The van der Waals surface area contributed by atoms with Crippen LogP contribution in [0.1, 0.15) is 67.5 Å². The Kier molecular flexibility index (Phi) is 6.25. The van der Waals surface area contributed by atoms with Crippen molar-refractivity contribution in [3.8, 4) is 0 Å². The van der Waals surface area contributed by atoms with Gasteiger partial charge < -0.3 is 10.2 Å². The topological polar surface area (TPSA) is 84.3 Å². The molecule has 3 rings (SSSR count). The molecule has 7 nitrogen and oxygen atoms in total. The highest BCUT2D eigenvalue weighted by atomic mass is 32.2. The van der Waals surface area contributed by atoms with Crippen LogP contribution in [-0.4, -0.2) is 67.2 Å². The van der Waals surface area contributed by atoms with Crippen molar-refractivity contribution in [1.82, 2.24) is 20.0 Å². The van der Waals surface area contributed by atoms with Gasteiger partial charge in [0.1, 0.15) is 0 Å². The standard InChI is InChI=1S/C19H32N4O3S/c1-14(2)18-17(12-23(21-18)16-7-11-27(25,26)13-16)19(24)22-9-5-15(6-10-22)4-8-20-3/h12,14-16,20H,4-11,13H2,1-3H3. The van der Waals surface area contributed by atoms with Gasteiger partial charge in [-0.05, 0) is 51.1 Å². The van der Waals surface area contributed by atoms with Crippen LogP contribution in [0.2, 0.25) is 0 Å². The number of hydrogen-bond acceptors (Lipinski definition) is 5. The molecule has 0 spiro atoms. The van der Waals surface area contributed by atoms with Crippen molar-refractivity contribution in [2.45, 2.75) is 51.5 Å². The SMILES string of the molecule is CNCCC1CCN(C(=O)c2cn(C3CCS(=O)(=O)C3)nc2C(C)C)CC1. The van der Waals surface area contributed by atoms with E-state index in [-0.39, 0.29) is 29.4 Å². The zero-order chi connectivity index (χ0) is 19.6. The van der Waals surface area contributed by atoms with E-state index >= 15 is 0 Å². The second-order valence-corrected chi connectivity index (χ2v) is 10.5. The smallest absolute Gasteiger partial charge is 0.257 e. The molecule has 0 saturated carbocycles. The van der Waals surface area contributed by atoms with Gasteiger partial charge in [0, 0.05) is 19.3 Å². The number of carbonyl (C=O) groups is 1. The first-order valence-electron chi connectivity index (χ1n) is 10.0. The first-order valence-corrected chi connectivity index (χ1v) is 11.9. The van der Waals surface area contributed by atoms with Crippen LogP contribution >= 0.6 is 0 Å². The Bertz CT molecular complexity index is 764. The zero-order valence-corrected chi connectivity index (χ0v) is 17.5. The van der Waals surface area contributed by atoms with Crippen LogP contribution in [0.3, 0.4) is 0 Å². The van der Waals surface area contributed by atoms with Crippen LogP contribution in [-0.2, 0) is 9.84 Å². The van der Waals surface area contributed by atoms with E-state index in [1.807, 2.05) is 25.8 Å². The molecule has 8 heteroatoms. The summed E-state index contributed by atoms with van der Waals surface area (Å²) in [6, 6.07) is -0.152. The maximum Gasteiger partial charge on any atom is 0.257 e. The van der Waals surface area contributed by atoms with E-state index in [0.717, 1.165) is 44.6 Å². The van der Waals surface area contributed by atoms with Crippen molar-refractivity contribution in [1.29, 1.82) is 0 Å². The molecule has 0 aliphatic carbocycles. The third kappa shape index (κ3) is 4.71. The number of carbonyl (C=O) groups excluding carboxylic acids is 1. The Morgan fingerprint density at radius 3 is 2.56 bits per heavy atom. The minimum Gasteiger partial charge on any atom is -0.339 e. The van der Waals surface area contributed by atoms with Crippen molar-refractivity contribution in [3.63, 3.8) is 0 Å². The fourth-order valence-electron chi connectivity index (χ4n) is 4.11. The highest BCUT2D eigenvalue weighted by molar-refractivity contribution is 7.91. The number of sulfone groups is 1. The lowest BCUT2D eigenvalue weighted by Gasteiger charge is -2.32. The van der Waals surface area contributed by atoms with Crippen molar-refractivity contribution >= 4 is 15.7 Å². The van der Waals surface area contributed by atoms with E-state index in [1.54, 1.807) is 10.9 Å². The molecular formula is C19H32N4O3S. The van der Waals surface area contributed by atoms with Gasteiger partial charge in [-0.15, -0.1) is 0 Å². The Balaban J connectivity index is 1.73. The number of nitrogens with zero attached hydrogens (tertiary/aromatic N) is 3. The molecule has 1 N–H and O–H groups in total. The van der Waals surface area contributed by atoms with Crippen LogP contribution in [0, 0.1) is 5.92 Å². The lowest BCUT2D eigenvalue weighted by Crippen LogP contribution is -2.39. The summed E-state index contributed by atoms with van der Waals surface area (Å²) in [6.07, 6.45) is 5.60. The predicted molar refractivity (Wildman–Crippen MR) is 106 cm³/mol. The summed E-state index contributed by atoms with van der Waals surface area (Å²) in [5.41, 5.74) is 1.42. The number of piperidine rings is 1. The summed E-state index contributed by atoms with van der Waals surface area (Å²) in [5.74, 6) is 1.17. The lowest BCUT2D eigenvalue weighted by molar-refractivity contribution is 0.0685. The van der Waals surface area contributed by atoms with Crippen LogP contribution in [0.4, 0.5) is 0 Å². The number of likely N-dealkylation sites (tertiary alicyclic amines) is 1. The normalized spacial score (nSPS) is 23.3. The molecule has 0 aromatic carbocycles. The molecule has 1 unspecified atom stereocenters. The number of rotatable bonds is 6. The van der Waals surface area contributed by atoms with Crippen molar-refractivity contribution in [3.05, 3.63) is 17.5 Å². The third-order valence-electron chi connectivity index (χ3n) is 5.82. The Hall–Kier alpha value is -1.41. The zero-order valence-electron chi connectivity index (χ0n) is 16.6. The summed E-state index contributed by atoms with van der Waals surface area (Å²) in [5, 5.41) is 7.82. The predicted octanol–water partition coefficient (Wildman–Crippen LogP) is 1.83. The van der Waals surface area contributed by atoms with E-state index < -0.39 is 9.84 Å². The van der Waals surface area contributed by atoms with Crippen LogP contribution in [0.5, 0.6) is 0 Å². The van der Waals surface area contributed by atoms with Crippen molar-refractivity contribution < 1.29 is 13.2 Å². The van der Waals surface area contributed by atoms with Crippen LogP contribution in [0.15, 0.2) is 6.20 Å². The number of nitrogens with one attached hydrogen (secondary N) is 1. The minimum absolute atomic E-state index is 0.0397. The maximum atomic E-state index is 13.1. The van der Waals surface area contributed by atoms with Gasteiger partial charge in [0.25, 0.3) is 5.91 Å². The van der Waals surface area contributed by atoms with Gasteiger partial charge in [0.05, 0.1) is 28.8 Å². The second-order valence-electron chi connectivity index (χ2n) is 8.25. The summed E-state index contributed by atoms with van der Waals surface area (Å²) in [4.78, 5) is 15.1. The minimum atomic E-state index is -2.98. The van der Waals surface area contributed by atoms with E-state index in [2.05, 4.69) is 10.4 Å². The van der Waals surface area contributed by atoms with Crippen LogP contribution in [0.25, 0.3) is 0 Å². The van der Waals surface area contributed by atoms with Gasteiger partial charge in [-0.25, -0.2) is 8.42 Å². The van der Waals surface area contributed by atoms with Gasteiger partial charge in [0.15, 0.2) is 9.84 Å². The van der Waals surface area contributed by atoms with E-state index in [0.29, 0.717) is 17.9 Å². The maximum absolute atomic E-state index is 13.1. The van der Waals surface area contributed by atoms with Gasteiger partial charge in [-0.1, -0.05) is 13.8 Å². The average molecular weight is 397 g/mol. The van der Waals surface area contributed by atoms with Gasteiger partial charge >= 0.3 is 0 Å². The molecule has 2 saturated heterocycles. The first-order chi connectivity index (χ1) is 12.8. The Morgan fingerprint density at radius 2 is 2.00 bits per heavy atom. The quantitative estimate of drug-likeness (QED) is 0.793. The highest BCUT2D eigenvalue weighted by Crippen LogP contribution is 2.28. The number of aromatic nitrogens is 2. The summed E-state index contributed by atoms with van der Waals surface area (Å²) < 4.78 is 25.3. The average Bonchev–Trinajstić information content (AvgIpc) is 3.23. The van der Waals surface area contributed by atoms with Crippen molar-refractivity contribution in [2.75, 3.05) is 38.2 Å². The molecule has 1 aromatic heterocycles. The van der Waals surface area contributed by atoms with E-state index in [9.17, 15) is 13.2 Å². The molecule has 27 heavy (non-hydrogen) atoms. The number of hydrogen-bond donors (Lipinski definition) is 1. The molecule has 2 aliphatic heterocycles. The summed E-state index contributed by atoms with van der Waals surface area (Å²) in [6.45, 7) is 6.65. The van der Waals surface area contributed by atoms with E-state index in [1.165, 1.54) is 0 Å². The molecule has 152 valence electrons. The van der Waals surface area contributed by atoms with E-state index in [4.69, 9.17) is 0 Å². The molecule has 0 radical (unpaired) electrons. The Morgan fingerprint density at radius 1 is 1.30 bits per heavy atom. The third-order valence-corrected chi connectivity index (χ3v) is 7.58. The van der Waals surface area contributed by atoms with Gasteiger partial charge in [-0.2, -0.15) is 5.10 Å². The van der Waals surface area contributed by atoms with Crippen LogP contribution < -0.4 is 5.32 Å². The van der Waals surface area contributed by atoms with Crippen molar-refractivity contribution in [2.24, 2.45) is 5.92 Å². The molecule has 2 aliphatic rings. The second kappa shape index (κ2) is 8.31. The molecule has 1 aromatic rings. The fraction of sp³-hybridized carbons (Fsp3) is 0.789. The molecule has 1 amide bonds. The molecule has 3 heterocycles. The Labute approximate surface area is 162 Å². The fourth-order valence-corrected chi connectivity index (χ4v) is 5.81. The summed E-state index contributed by atoms with van der Waals surface area (Å²) in [7, 11) is -1.01. The largest absolute Gasteiger partial charge is 0.339 e. The molecular weight excluding hydrogens is 364 g/mol. The number of amides is 1. The first kappa shape index (κ1) is 20.3. The molecule has 0 bridgehead atoms. The molecule has 2 fully saturated rings. The highest BCUT2D eigenvalue weighted by Gasteiger charge is 2.33.